The third-order valence-electron chi connectivity index (χ3n) is 6.32. The van der Waals surface area contributed by atoms with Gasteiger partial charge < -0.3 is 19.3 Å². The summed E-state index contributed by atoms with van der Waals surface area (Å²) >= 11 is 0. The number of aliphatic hydroxyl groups excluding tert-OH is 1. The van der Waals surface area contributed by atoms with E-state index in [1.54, 1.807) is 61.7 Å². The van der Waals surface area contributed by atoms with E-state index < -0.39 is 17.7 Å². The highest BCUT2D eigenvalue weighted by molar-refractivity contribution is 6.51. The van der Waals surface area contributed by atoms with Gasteiger partial charge in [0.1, 0.15) is 24.7 Å². The first-order valence-electron chi connectivity index (χ1n) is 11.5. The van der Waals surface area contributed by atoms with E-state index in [4.69, 9.17) is 14.2 Å². The van der Waals surface area contributed by atoms with Gasteiger partial charge >= 0.3 is 0 Å². The molecule has 0 aliphatic carbocycles. The molecule has 2 aliphatic heterocycles. The van der Waals surface area contributed by atoms with Crippen LogP contribution in [0.2, 0.25) is 0 Å². The standard InChI is InChI=1S/C28H25NO6/c1-3-17-4-6-19(7-5-17)26(30)24-25(18-8-11-21(33-2)12-9-18)29(28(32)27(24)31)20-10-13-22-23(16-20)35-15-14-34-22/h4-13,16,25,30H,3,14-15H2,1-2H3/b26-24+. The highest BCUT2D eigenvalue weighted by atomic mass is 16.6. The number of amides is 1. The highest BCUT2D eigenvalue weighted by Crippen LogP contribution is 2.44. The Hall–Kier alpha value is -4.26. The van der Waals surface area contributed by atoms with Gasteiger partial charge in [0, 0.05) is 17.3 Å². The van der Waals surface area contributed by atoms with Crippen LogP contribution in [0, 0.1) is 0 Å². The second-order valence-corrected chi connectivity index (χ2v) is 8.32. The topological polar surface area (TPSA) is 85.3 Å². The molecule has 1 saturated heterocycles. The molecule has 2 heterocycles. The lowest BCUT2D eigenvalue weighted by Crippen LogP contribution is -2.29. The van der Waals surface area contributed by atoms with Crippen molar-refractivity contribution in [1.82, 2.24) is 0 Å². The van der Waals surface area contributed by atoms with Gasteiger partial charge in [0.05, 0.1) is 18.7 Å². The minimum Gasteiger partial charge on any atom is -0.507 e. The molecule has 1 N–H and O–H groups in total. The number of Topliss-reactive ketones (excluding diaryl/α,β-unsaturated/α-hetero) is 1. The average Bonchev–Trinajstić information content (AvgIpc) is 3.18. The average molecular weight is 472 g/mol. The van der Waals surface area contributed by atoms with Gasteiger partial charge in [0.2, 0.25) is 0 Å². The molecule has 1 unspecified atom stereocenters. The van der Waals surface area contributed by atoms with Crippen LogP contribution in [0.15, 0.2) is 72.3 Å². The van der Waals surface area contributed by atoms with Crippen LogP contribution in [0.5, 0.6) is 17.2 Å². The Balaban J connectivity index is 1.67. The highest BCUT2D eigenvalue weighted by Gasteiger charge is 2.47. The van der Waals surface area contributed by atoms with Gasteiger partial charge in [-0.3, -0.25) is 14.5 Å². The fraction of sp³-hybridized carbons (Fsp3) is 0.214. The Bertz CT molecular complexity index is 1310. The number of hydrogen-bond acceptors (Lipinski definition) is 6. The zero-order valence-electron chi connectivity index (χ0n) is 19.5. The molecule has 35 heavy (non-hydrogen) atoms. The molecule has 1 atom stereocenters. The van der Waals surface area contributed by atoms with Gasteiger partial charge in [0.25, 0.3) is 11.7 Å². The second-order valence-electron chi connectivity index (χ2n) is 8.32. The van der Waals surface area contributed by atoms with Gasteiger partial charge in [0.15, 0.2) is 11.5 Å². The van der Waals surface area contributed by atoms with E-state index in [2.05, 4.69) is 0 Å². The van der Waals surface area contributed by atoms with E-state index in [1.165, 1.54) is 4.90 Å². The lowest BCUT2D eigenvalue weighted by molar-refractivity contribution is -0.132. The summed E-state index contributed by atoms with van der Waals surface area (Å²) in [4.78, 5) is 28.1. The van der Waals surface area contributed by atoms with Crippen LogP contribution in [0.4, 0.5) is 5.69 Å². The van der Waals surface area contributed by atoms with Crippen LogP contribution in [-0.2, 0) is 16.0 Å². The van der Waals surface area contributed by atoms with Crippen molar-refractivity contribution < 1.29 is 28.9 Å². The van der Waals surface area contributed by atoms with E-state index >= 15 is 0 Å². The van der Waals surface area contributed by atoms with Crippen molar-refractivity contribution >= 4 is 23.1 Å². The van der Waals surface area contributed by atoms with Gasteiger partial charge in [-0.05, 0) is 41.8 Å². The van der Waals surface area contributed by atoms with Crippen molar-refractivity contribution in [1.29, 1.82) is 0 Å². The summed E-state index contributed by atoms with van der Waals surface area (Å²) < 4.78 is 16.6. The fourth-order valence-electron chi connectivity index (χ4n) is 4.44. The molecule has 5 rings (SSSR count). The zero-order chi connectivity index (χ0) is 24.5. The molecule has 0 saturated carbocycles. The molecule has 178 valence electrons. The zero-order valence-corrected chi connectivity index (χ0v) is 19.5. The van der Waals surface area contributed by atoms with Crippen molar-refractivity contribution in [3.63, 3.8) is 0 Å². The van der Waals surface area contributed by atoms with Crippen molar-refractivity contribution in [3.05, 3.63) is 89.0 Å². The molecule has 0 spiro atoms. The third kappa shape index (κ3) is 3.99. The summed E-state index contributed by atoms with van der Waals surface area (Å²) in [6, 6.07) is 18.7. The maximum atomic E-state index is 13.4. The quantitative estimate of drug-likeness (QED) is 0.331. The molecule has 0 radical (unpaired) electrons. The summed E-state index contributed by atoms with van der Waals surface area (Å²) in [6.45, 7) is 2.88. The Morgan fingerprint density at radius 2 is 1.66 bits per heavy atom. The summed E-state index contributed by atoms with van der Waals surface area (Å²) in [7, 11) is 1.57. The number of anilines is 1. The number of benzene rings is 3. The van der Waals surface area contributed by atoms with Crippen molar-refractivity contribution in [3.8, 4) is 17.2 Å². The number of aliphatic hydroxyl groups is 1. The number of rotatable bonds is 5. The lowest BCUT2D eigenvalue weighted by Gasteiger charge is -2.27. The van der Waals surface area contributed by atoms with Crippen LogP contribution >= 0.6 is 0 Å². The third-order valence-corrected chi connectivity index (χ3v) is 6.32. The largest absolute Gasteiger partial charge is 0.507 e. The maximum absolute atomic E-state index is 13.4. The molecule has 1 amide bonds. The minimum atomic E-state index is -0.839. The molecule has 3 aromatic carbocycles. The summed E-state index contributed by atoms with van der Waals surface area (Å²) in [5, 5.41) is 11.3. The number of carbonyl (C=O) groups excluding carboxylic acids is 2. The predicted molar refractivity (Wildman–Crippen MR) is 131 cm³/mol. The Labute approximate surface area is 203 Å². The Kier molecular flexibility index (Phi) is 5.91. The van der Waals surface area contributed by atoms with Gasteiger partial charge in [-0.25, -0.2) is 0 Å². The van der Waals surface area contributed by atoms with E-state index in [9.17, 15) is 14.7 Å². The van der Waals surface area contributed by atoms with E-state index in [0.29, 0.717) is 47.3 Å². The summed E-state index contributed by atoms with van der Waals surface area (Å²) in [5.41, 5.74) is 2.73. The first-order valence-corrected chi connectivity index (χ1v) is 11.5. The van der Waals surface area contributed by atoms with E-state index in [0.717, 1.165) is 12.0 Å². The maximum Gasteiger partial charge on any atom is 0.300 e. The van der Waals surface area contributed by atoms with Crippen LogP contribution in [0.1, 0.15) is 29.7 Å². The van der Waals surface area contributed by atoms with E-state index in [-0.39, 0.29) is 11.3 Å². The first-order chi connectivity index (χ1) is 17.0. The number of methoxy groups -OCH3 is 1. The second kappa shape index (κ2) is 9.18. The predicted octanol–water partition coefficient (Wildman–Crippen LogP) is 4.66. The smallest absolute Gasteiger partial charge is 0.300 e. The lowest BCUT2D eigenvalue weighted by atomic mass is 9.94. The fourth-order valence-corrected chi connectivity index (χ4v) is 4.44. The molecular formula is C28H25NO6. The van der Waals surface area contributed by atoms with Crippen molar-refractivity contribution in [2.75, 3.05) is 25.2 Å². The molecule has 7 nitrogen and oxygen atoms in total. The minimum absolute atomic E-state index is 0.0271. The van der Waals surface area contributed by atoms with Crippen molar-refractivity contribution in [2.24, 2.45) is 0 Å². The molecular weight excluding hydrogens is 446 g/mol. The van der Waals surface area contributed by atoms with Gasteiger partial charge in [-0.2, -0.15) is 0 Å². The Morgan fingerprint density at radius 1 is 0.971 bits per heavy atom. The number of fused-ring (bicyclic) bond motifs is 1. The van der Waals surface area contributed by atoms with E-state index in [1.807, 2.05) is 19.1 Å². The Morgan fingerprint density at radius 3 is 2.31 bits per heavy atom. The monoisotopic (exact) mass is 471 g/mol. The number of aryl methyl sites for hydroxylation is 1. The number of carbonyl (C=O) groups is 2. The van der Waals surface area contributed by atoms with Crippen molar-refractivity contribution in [2.45, 2.75) is 19.4 Å². The SMILES string of the molecule is CCc1ccc(/C(O)=C2\C(=O)C(=O)N(c3ccc4c(c3)OCCO4)C2c2ccc(OC)cc2)cc1. The first kappa shape index (κ1) is 22.5. The normalized spacial score (nSPS) is 18.6. The van der Waals surface area contributed by atoms with Gasteiger partial charge in [-0.15, -0.1) is 0 Å². The summed E-state index contributed by atoms with van der Waals surface area (Å²) in [5.74, 6) is 0.0203. The summed E-state index contributed by atoms with van der Waals surface area (Å²) in [6.07, 6.45) is 0.849. The van der Waals surface area contributed by atoms with Gasteiger partial charge in [-0.1, -0.05) is 43.3 Å². The van der Waals surface area contributed by atoms with Crippen LogP contribution in [-0.4, -0.2) is 37.1 Å². The number of ketones is 1. The number of ether oxygens (including phenoxy) is 3. The number of hydrogen-bond donors (Lipinski definition) is 1. The molecule has 1 fully saturated rings. The molecule has 0 aromatic heterocycles. The number of nitrogens with zero attached hydrogens (tertiary/aromatic N) is 1. The molecule has 7 heteroatoms. The van der Waals surface area contributed by atoms with Crippen LogP contribution in [0.25, 0.3) is 5.76 Å². The molecule has 3 aromatic rings. The molecule has 0 bridgehead atoms. The van der Waals surface area contributed by atoms with Crippen LogP contribution in [0.3, 0.4) is 0 Å². The molecule has 2 aliphatic rings. The van der Waals surface area contributed by atoms with Crippen LogP contribution < -0.4 is 19.1 Å².